The number of benzene rings is 1. The fourth-order valence-electron chi connectivity index (χ4n) is 2.38. The summed E-state index contributed by atoms with van der Waals surface area (Å²) in [5, 5.41) is 6.64. The Bertz CT molecular complexity index is 809. The quantitative estimate of drug-likeness (QED) is 0.608. The predicted molar refractivity (Wildman–Crippen MR) is 91.8 cm³/mol. The summed E-state index contributed by atoms with van der Waals surface area (Å²) in [4.78, 5) is 30.9. The van der Waals surface area contributed by atoms with Gasteiger partial charge in [0.1, 0.15) is 5.69 Å². The molecule has 0 saturated heterocycles. The van der Waals surface area contributed by atoms with Crippen molar-refractivity contribution in [2.24, 2.45) is 0 Å². The highest BCUT2D eigenvalue weighted by atomic mass is 16.2. The van der Waals surface area contributed by atoms with Gasteiger partial charge in [-0.1, -0.05) is 18.2 Å². The van der Waals surface area contributed by atoms with Crippen LogP contribution in [0.5, 0.6) is 0 Å². The second kappa shape index (κ2) is 7.41. The van der Waals surface area contributed by atoms with E-state index in [4.69, 9.17) is 0 Å². The molecule has 0 aliphatic rings. The van der Waals surface area contributed by atoms with Crippen molar-refractivity contribution in [2.75, 3.05) is 13.1 Å². The van der Waals surface area contributed by atoms with Crippen molar-refractivity contribution >= 4 is 22.7 Å². The van der Waals surface area contributed by atoms with Crippen molar-refractivity contribution in [2.45, 2.75) is 6.42 Å². The second-order valence-electron chi connectivity index (χ2n) is 5.38. The molecule has 0 atom stereocenters. The van der Waals surface area contributed by atoms with Gasteiger partial charge in [0.05, 0.1) is 5.56 Å². The van der Waals surface area contributed by atoms with Crippen LogP contribution in [0.3, 0.4) is 0 Å². The summed E-state index contributed by atoms with van der Waals surface area (Å²) < 4.78 is 0. The average Bonchev–Trinajstić information content (AvgIpc) is 3.06. The number of hydrogen-bond donors (Lipinski definition) is 3. The summed E-state index contributed by atoms with van der Waals surface area (Å²) in [6.07, 6.45) is 3.79. The van der Waals surface area contributed by atoms with Gasteiger partial charge in [-0.05, 0) is 30.7 Å². The normalized spacial score (nSPS) is 10.5. The third kappa shape index (κ3) is 3.78. The summed E-state index contributed by atoms with van der Waals surface area (Å²) in [7, 11) is 0. The van der Waals surface area contributed by atoms with E-state index in [1.807, 2.05) is 30.3 Å². The van der Waals surface area contributed by atoms with E-state index in [0.29, 0.717) is 30.8 Å². The van der Waals surface area contributed by atoms with Crippen LogP contribution >= 0.6 is 0 Å². The Morgan fingerprint density at radius 3 is 2.54 bits per heavy atom. The van der Waals surface area contributed by atoms with Gasteiger partial charge in [-0.2, -0.15) is 0 Å². The number of amides is 2. The van der Waals surface area contributed by atoms with E-state index in [-0.39, 0.29) is 11.8 Å². The van der Waals surface area contributed by atoms with Crippen LogP contribution in [-0.2, 0) is 0 Å². The number of nitrogens with one attached hydrogen (secondary N) is 3. The number of hydrogen-bond acceptors (Lipinski definition) is 3. The van der Waals surface area contributed by atoms with E-state index in [9.17, 15) is 9.59 Å². The van der Waals surface area contributed by atoms with Crippen molar-refractivity contribution in [3.05, 3.63) is 66.1 Å². The predicted octanol–water partition coefficient (Wildman–Crippen LogP) is 2.11. The van der Waals surface area contributed by atoms with Crippen LogP contribution < -0.4 is 10.6 Å². The summed E-state index contributed by atoms with van der Waals surface area (Å²) in [6, 6.07) is 13.0. The van der Waals surface area contributed by atoms with Crippen LogP contribution in [0.25, 0.3) is 10.9 Å². The van der Waals surface area contributed by atoms with Crippen LogP contribution in [0.15, 0.2) is 54.9 Å². The zero-order valence-corrected chi connectivity index (χ0v) is 13.1. The molecule has 1 aromatic carbocycles. The molecule has 6 nitrogen and oxygen atoms in total. The number of para-hydroxylation sites is 1. The molecule has 0 bridgehead atoms. The summed E-state index contributed by atoms with van der Waals surface area (Å²) in [6.45, 7) is 0.974. The number of fused-ring (bicyclic) bond motifs is 1. The Labute approximate surface area is 139 Å². The molecule has 2 heterocycles. The lowest BCUT2D eigenvalue weighted by Crippen LogP contribution is -2.30. The Morgan fingerprint density at radius 2 is 1.79 bits per heavy atom. The number of pyridine rings is 1. The van der Waals surface area contributed by atoms with Gasteiger partial charge >= 0.3 is 0 Å². The first kappa shape index (κ1) is 15.7. The smallest absolute Gasteiger partial charge is 0.267 e. The molecule has 0 unspecified atom stereocenters. The molecule has 0 aliphatic carbocycles. The number of carbonyl (C=O) groups is 2. The van der Waals surface area contributed by atoms with Crippen molar-refractivity contribution < 1.29 is 9.59 Å². The number of aromatic amines is 1. The molecule has 3 aromatic rings. The molecule has 0 fully saturated rings. The fourth-order valence-corrected chi connectivity index (χ4v) is 2.38. The van der Waals surface area contributed by atoms with Gasteiger partial charge in [0.2, 0.25) is 0 Å². The maximum absolute atomic E-state index is 12.1. The zero-order valence-electron chi connectivity index (χ0n) is 13.1. The standard InChI is InChI=1S/C18H18N4O2/c23-17(14-6-3-8-19-12-14)20-9-4-10-21-18(24)16-11-13-5-1-2-7-15(13)22-16/h1-3,5-8,11-12,22H,4,9-10H2,(H,20,23)(H,21,24). The zero-order chi connectivity index (χ0) is 16.8. The number of aromatic nitrogens is 2. The topological polar surface area (TPSA) is 86.9 Å². The number of rotatable bonds is 6. The monoisotopic (exact) mass is 322 g/mol. The van der Waals surface area contributed by atoms with Gasteiger partial charge < -0.3 is 15.6 Å². The van der Waals surface area contributed by atoms with E-state index in [1.54, 1.807) is 18.3 Å². The van der Waals surface area contributed by atoms with Crippen LogP contribution in [-0.4, -0.2) is 34.9 Å². The van der Waals surface area contributed by atoms with Gasteiger partial charge in [0.25, 0.3) is 11.8 Å². The Kier molecular flexibility index (Phi) is 4.86. The van der Waals surface area contributed by atoms with Crippen LogP contribution in [0.4, 0.5) is 0 Å². The van der Waals surface area contributed by atoms with E-state index in [2.05, 4.69) is 20.6 Å². The lowest BCUT2D eigenvalue weighted by molar-refractivity contribution is 0.0948. The third-order valence-electron chi connectivity index (χ3n) is 3.62. The molecule has 0 aliphatic heterocycles. The Hall–Kier alpha value is -3.15. The fraction of sp³-hybridized carbons (Fsp3) is 0.167. The summed E-state index contributed by atoms with van der Waals surface area (Å²) >= 11 is 0. The number of H-pyrrole nitrogens is 1. The lowest BCUT2D eigenvalue weighted by Gasteiger charge is -2.06. The van der Waals surface area contributed by atoms with Crippen molar-refractivity contribution in [3.8, 4) is 0 Å². The van der Waals surface area contributed by atoms with E-state index in [1.165, 1.54) is 6.20 Å². The Balaban J connectivity index is 1.41. The van der Waals surface area contributed by atoms with E-state index in [0.717, 1.165) is 10.9 Å². The number of carbonyl (C=O) groups excluding carboxylic acids is 2. The first-order chi connectivity index (χ1) is 11.7. The van der Waals surface area contributed by atoms with Gasteiger partial charge in [-0.25, -0.2) is 0 Å². The molecule has 24 heavy (non-hydrogen) atoms. The molecule has 6 heteroatoms. The van der Waals surface area contributed by atoms with Gasteiger partial charge in [-0.15, -0.1) is 0 Å². The van der Waals surface area contributed by atoms with Crippen LogP contribution in [0.2, 0.25) is 0 Å². The maximum atomic E-state index is 12.1. The molecule has 122 valence electrons. The van der Waals surface area contributed by atoms with Crippen LogP contribution in [0.1, 0.15) is 27.3 Å². The minimum Gasteiger partial charge on any atom is -0.352 e. The van der Waals surface area contributed by atoms with Crippen LogP contribution in [0, 0.1) is 0 Å². The van der Waals surface area contributed by atoms with Crippen molar-refractivity contribution in [3.63, 3.8) is 0 Å². The molecule has 2 amide bonds. The first-order valence-electron chi connectivity index (χ1n) is 7.78. The summed E-state index contributed by atoms with van der Waals surface area (Å²) in [5.74, 6) is -0.310. The summed E-state index contributed by atoms with van der Waals surface area (Å²) in [5.41, 5.74) is 2.00. The molecule has 0 spiro atoms. The van der Waals surface area contributed by atoms with Gasteiger partial charge in [-0.3, -0.25) is 14.6 Å². The van der Waals surface area contributed by atoms with E-state index < -0.39 is 0 Å². The molecule has 3 rings (SSSR count). The van der Waals surface area contributed by atoms with Crippen molar-refractivity contribution in [1.29, 1.82) is 0 Å². The average molecular weight is 322 g/mol. The Morgan fingerprint density at radius 1 is 1.00 bits per heavy atom. The maximum Gasteiger partial charge on any atom is 0.267 e. The number of nitrogens with zero attached hydrogens (tertiary/aromatic N) is 1. The highest BCUT2D eigenvalue weighted by Crippen LogP contribution is 2.14. The van der Waals surface area contributed by atoms with Gasteiger partial charge in [0.15, 0.2) is 0 Å². The third-order valence-corrected chi connectivity index (χ3v) is 3.62. The van der Waals surface area contributed by atoms with Crippen molar-refractivity contribution in [1.82, 2.24) is 20.6 Å². The first-order valence-corrected chi connectivity index (χ1v) is 7.78. The minimum atomic E-state index is -0.162. The molecule has 0 saturated carbocycles. The van der Waals surface area contributed by atoms with E-state index >= 15 is 0 Å². The largest absolute Gasteiger partial charge is 0.352 e. The highest BCUT2D eigenvalue weighted by molar-refractivity contribution is 5.98. The molecule has 0 radical (unpaired) electrons. The molecule has 3 N–H and O–H groups in total. The molecular formula is C18H18N4O2. The minimum absolute atomic E-state index is 0.148. The second-order valence-corrected chi connectivity index (χ2v) is 5.38. The van der Waals surface area contributed by atoms with Gasteiger partial charge in [0, 0.05) is 36.4 Å². The highest BCUT2D eigenvalue weighted by Gasteiger charge is 2.08. The SMILES string of the molecule is O=C(NCCCNC(=O)c1cc2ccccc2[nH]1)c1cccnc1. The molecular weight excluding hydrogens is 304 g/mol. The molecule has 2 aromatic heterocycles. The lowest BCUT2D eigenvalue weighted by atomic mass is 10.2.